The molecule has 3 aromatic rings. The summed E-state index contributed by atoms with van der Waals surface area (Å²) in [6.45, 7) is 5.98. The van der Waals surface area contributed by atoms with Crippen molar-refractivity contribution in [3.05, 3.63) is 59.0 Å². The molecule has 0 spiro atoms. The Bertz CT molecular complexity index is 1090. The standard InChI is InChI=1S/C23H26FN3O5/c1-14-11-19(16(3)27(14)15(2)12-30-4)20(28)13-31-22(29)10-9-21-25-23(26-32-21)17-5-7-18(24)8-6-17/h5-8,11,15H,9-10,12-13H2,1-4H3. The molecular weight excluding hydrogens is 417 g/mol. The summed E-state index contributed by atoms with van der Waals surface area (Å²) in [5.41, 5.74) is 2.88. The highest BCUT2D eigenvalue weighted by Crippen LogP contribution is 2.21. The monoisotopic (exact) mass is 443 g/mol. The number of carbonyl (C=O) groups excluding carboxylic acids is 2. The Kier molecular flexibility index (Phi) is 7.53. The molecule has 0 aliphatic carbocycles. The molecule has 2 aromatic heterocycles. The quantitative estimate of drug-likeness (QED) is 0.347. The summed E-state index contributed by atoms with van der Waals surface area (Å²) < 4.78 is 30.5. The normalized spacial score (nSPS) is 12.0. The highest BCUT2D eigenvalue weighted by molar-refractivity contribution is 5.99. The second-order valence-electron chi connectivity index (χ2n) is 7.56. The number of ketones is 1. The number of esters is 1. The Labute approximate surface area is 185 Å². The van der Waals surface area contributed by atoms with Gasteiger partial charge >= 0.3 is 5.97 Å². The lowest BCUT2D eigenvalue weighted by Crippen LogP contribution is -2.17. The summed E-state index contributed by atoms with van der Waals surface area (Å²) >= 11 is 0. The van der Waals surface area contributed by atoms with Gasteiger partial charge in [-0.25, -0.2) is 4.39 Å². The number of nitrogens with zero attached hydrogens (tertiary/aromatic N) is 3. The molecule has 0 amide bonds. The number of aromatic nitrogens is 3. The van der Waals surface area contributed by atoms with Gasteiger partial charge in [0.25, 0.3) is 0 Å². The van der Waals surface area contributed by atoms with Gasteiger partial charge in [0, 0.05) is 36.0 Å². The van der Waals surface area contributed by atoms with E-state index in [9.17, 15) is 14.0 Å². The van der Waals surface area contributed by atoms with Gasteiger partial charge in [-0.3, -0.25) is 9.59 Å². The molecule has 0 N–H and O–H groups in total. The van der Waals surface area contributed by atoms with Crippen molar-refractivity contribution in [2.24, 2.45) is 0 Å². The van der Waals surface area contributed by atoms with Crippen molar-refractivity contribution < 1.29 is 28.0 Å². The Morgan fingerprint density at radius 1 is 1.22 bits per heavy atom. The molecule has 32 heavy (non-hydrogen) atoms. The maximum Gasteiger partial charge on any atom is 0.306 e. The smallest absolute Gasteiger partial charge is 0.306 e. The molecule has 1 aromatic carbocycles. The minimum Gasteiger partial charge on any atom is -0.457 e. The van der Waals surface area contributed by atoms with Crippen LogP contribution in [-0.4, -0.2) is 46.8 Å². The van der Waals surface area contributed by atoms with Crippen molar-refractivity contribution >= 4 is 11.8 Å². The van der Waals surface area contributed by atoms with E-state index in [4.69, 9.17) is 14.0 Å². The number of ether oxygens (including phenoxy) is 2. The molecule has 0 saturated heterocycles. The average molecular weight is 443 g/mol. The summed E-state index contributed by atoms with van der Waals surface area (Å²) in [5.74, 6) is -0.605. The van der Waals surface area contributed by atoms with Gasteiger partial charge in [0.15, 0.2) is 6.61 Å². The maximum atomic E-state index is 13.0. The summed E-state index contributed by atoms with van der Waals surface area (Å²) in [7, 11) is 1.63. The topological polar surface area (TPSA) is 96.5 Å². The summed E-state index contributed by atoms with van der Waals surface area (Å²) in [6.07, 6.45) is 0.159. The Morgan fingerprint density at radius 2 is 1.94 bits per heavy atom. The maximum absolute atomic E-state index is 13.0. The second-order valence-corrected chi connectivity index (χ2v) is 7.56. The summed E-state index contributed by atoms with van der Waals surface area (Å²) in [6, 6.07) is 7.56. The van der Waals surface area contributed by atoms with Gasteiger partial charge in [-0.15, -0.1) is 0 Å². The van der Waals surface area contributed by atoms with Gasteiger partial charge < -0.3 is 18.6 Å². The van der Waals surface area contributed by atoms with E-state index in [2.05, 4.69) is 10.1 Å². The largest absolute Gasteiger partial charge is 0.457 e. The van der Waals surface area contributed by atoms with Gasteiger partial charge in [0.05, 0.1) is 19.1 Å². The molecule has 3 rings (SSSR count). The highest BCUT2D eigenvalue weighted by Gasteiger charge is 2.20. The number of carbonyl (C=O) groups is 2. The van der Waals surface area contributed by atoms with E-state index >= 15 is 0 Å². The fraction of sp³-hybridized carbons (Fsp3) is 0.391. The number of halogens is 1. The molecule has 0 bridgehead atoms. The molecule has 0 radical (unpaired) electrons. The third kappa shape index (κ3) is 5.47. The lowest BCUT2D eigenvalue weighted by molar-refractivity contribution is -0.142. The minimum atomic E-state index is -0.540. The molecule has 0 aliphatic heterocycles. The predicted molar refractivity (Wildman–Crippen MR) is 114 cm³/mol. The number of aryl methyl sites for hydroxylation is 2. The Morgan fingerprint density at radius 3 is 2.62 bits per heavy atom. The first-order chi connectivity index (χ1) is 15.3. The van der Waals surface area contributed by atoms with Crippen LogP contribution < -0.4 is 0 Å². The number of Topliss-reactive ketones (excluding diaryl/α,β-unsaturated/α-hetero) is 1. The van der Waals surface area contributed by atoms with Crippen molar-refractivity contribution in [3.63, 3.8) is 0 Å². The van der Waals surface area contributed by atoms with E-state index in [1.807, 2.05) is 25.3 Å². The van der Waals surface area contributed by atoms with Crippen molar-refractivity contribution in [1.82, 2.24) is 14.7 Å². The van der Waals surface area contributed by atoms with Crippen molar-refractivity contribution in [2.45, 2.75) is 39.7 Å². The summed E-state index contributed by atoms with van der Waals surface area (Å²) in [5, 5.41) is 3.83. The number of rotatable bonds is 10. The summed E-state index contributed by atoms with van der Waals surface area (Å²) in [4.78, 5) is 28.9. The number of hydrogen-bond donors (Lipinski definition) is 0. The molecule has 1 atom stereocenters. The van der Waals surface area contributed by atoms with Crippen LogP contribution in [0, 0.1) is 19.7 Å². The lowest BCUT2D eigenvalue weighted by Gasteiger charge is -2.17. The van der Waals surface area contributed by atoms with Gasteiger partial charge in [0.2, 0.25) is 17.5 Å². The van der Waals surface area contributed by atoms with Crippen molar-refractivity contribution in [2.75, 3.05) is 20.3 Å². The van der Waals surface area contributed by atoms with E-state index in [0.29, 0.717) is 23.6 Å². The number of benzene rings is 1. The van der Waals surface area contributed by atoms with Gasteiger partial charge in [-0.1, -0.05) is 5.16 Å². The molecule has 2 heterocycles. The minimum absolute atomic E-state index is 0.0117. The zero-order valence-corrected chi connectivity index (χ0v) is 18.6. The van der Waals surface area contributed by atoms with Crippen molar-refractivity contribution in [1.29, 1.82) is 0 Å². The first kappa shape index (κ1) is 23.3. The zero-order chi connectivity index (χ0) is 23.3. The molecule has 170 valence electrons. The van der Waals surface area contributed by atoms with E-state index in [-0.39, 0.29) is 43.0 Å². The van der Waals surface area contributed by atoms with Crippen LogP contribution in [0.1, 0.15) is 47.0 Å². The molecule has 0 fully saturated rings. The van der Waals surface area contributed by atoms with E-state index in [1.165, 1.54) is 24.3 Å². The zero-order valence-electron chi connectivity index (χ0n) is 18.6. The predicted octanol–water partition coefficient (Wildman–Crippen LogP) is 3.86. The van der Waals surface area contributed by atoms with E-state index < -0.39 is 5.97 Å². The van der Waals surface area contributed by atoms with Crippen LogP contribution >= 0.6 is 0 Å². The molecule has 0 saturated carbocycles. The second kappa shape index (κ2) is 10.3. The van der Waals surface area contributed by atoms with Gasteiger partial charge in [-0.2, -0.15) is 4.98 Å². The lowest BCUT2D eigenvalue weighted by atomic mass is 10.1. The Balaban J connectivity index is 1.52. The van der Waals surface area contributed by atoms with Crippen molar-refractivity contribution in [3.8, 4) is 11.4 Å². The highest BCUT2D eigenvalue weighted by atomic mass is 19.1. The van der Waals surface area contributed by atoms with Crippen LogP contribution in [0.15, 0.2) is 34.9 Å². The van der Waals surface area contributed by atoms with Crippen LogP contribution in [0.3, 0.4) is 0 Å². The van der Waals surface area contributed by atoms with Crippen LogP contribution in [-0.2, 0) is 20.7 Å². The average Bonchev–Trinajstić information content (AvgIpc) is 3.35. The SMILES string of the molecule is COCC(C)n1c(C)cc(C(=O)COC(=O)CCc2nc(-c3ccc(F)cc3)no2)c1C. The van der Waals surface area contributed by atoms with E-state index in [1.54, 1.807) is 13.2 Å². The van der Waals surface area contributed by atoms with Gasteiger partial charge in [0.1, 0.15) is 5.82 Å². The molecule has 8 nitrogen and oxygen atoms in total. The number of hydrogen-bond acceptors (Lipinski definition) is 7. The fourth-order valence-corrected chi connectivity index (χ4v) is 3.63. The van der Waals surface area contributed by atoms with Gasteiger partial charge in [-0.05, 0) is 51.1 Å². The third-order valence-corrected chi connectivity index (χ3v) is 5.11. The first-order valence-electron chi connectivity index (χ1n) is 10.2. The molecule has 9 heteroatoms. The molecular formula is C23H26FN3O5. The van der Waals surface area contributed by atoms with Crippen LogP contribution in [0.25, 0.3) is 11.4 Å². The van der Waals surface area contributed by atoms with E-state index in [0.717, 1.165) is 11.4 Å². The van der Waals surface area contributed by atoms with Crippen LogP contribution in [0.2, 0.25) is 0 Å². The molecule has 0 aliphatic rings. The van der Waals surface area contributed by atoms with Crippen LogP contribution in [0.4, 0.5) is 4.39 Å². The third-order valence-electron chi connectivity index (χ3n) is 5.11. The molecule has 1 unspecified atom stereocenters. The number of methoxy groups -OCH3 is 1. The fourth-order valence-electron chi connectivity index (χ4n) is 3.63. The Hall–Kier alpha value is -3.33. The van der Waals surface area contributed by atoms with Crippen LogP contribution in [0.5, 0.6) is 0 Å². The first-order valence-corrected chi connectivity index (χ1v) is 10.2.